The molecule has 0 aliphatic heterocycles. The summed E-state index contributed by atoms with van der Waals surface area (Å²) in [7, 11) is -1.50. The Morgan fingerprint density at radius 1 is 0.282 bits per heavy atom. The van der Waals surface area contributed by atoms with Crippen LogP contribution in [0.25, 0.3) is 167 Å². The van der Waals surface area contributed by atoms with Crippen LogP contribution in [0.2, 0.25) is 19.6 Å². The third kappa shape index (κ3) is 10.6. The molecule has 19 rings (SSSR count). The van der Waals surface area contributed by atoms with Crippen molar-refractivity contribution in [3.8, 4) is 113 Å². The van der Waals surface area contributed by atoms with E-state index in [1.165, 1.54) is 71.6 Å². The molecule has 0 unspecified atom stereocenters. The smallest absolute Gasteiger partial charge is 0.164 e. The number of nitrogens with zero attached hydrogens (tertiary/aromatic N) is 6. The van der Waals surface area contributed by atoms with Gasteiger partial charge in [-0.1, -0.05) is 277 Å². The van der Waals surface area contributed by atoms with Crippen LogP contribution < -0.4 is 5.19 Å². The van der Waals surface area contributed by atoms with Crippen LogP contribution in [-0.4, -0.2) is 38.0 Å². The summed E-state index contributed by atoms with van der Waals surface area (Å²) in [6, 6.07) is 94.3. The lowest BCUT2D eigenvalue weighted by Gasteiger charge is -2.22. The van der Waals surface area contributed by atoms with Crippen molar-refractivity contribution in [2.24, 2.45) is 0 Å². The van der Waals surface area contributed by atoms with E-state index in [-0.39, 0.29) is 10.8 Å². The second-order valence-electron chi connectivity index (χ2n) is 29.9. The number of rotatable bonds is 9. The SMILES string of the molecule is Cc1cc([Si](C)(C)C)cc(C)c1-c1nc(-c2ccccc2)nc(-c2cccc(-c3ccc4oc5ccc6c(c5c4c3)C(C)(C)c3ccccc3-6)c2)n1.Cc1ccccc1-c1nc(-c2ccc(-c3ccc4c(c3)oc3ccc5c(c34)C(C)(C)c3ccccc3-5)cc2)nc(-c2cccc3ccccc23)n1. The van der Waals surface area contributed by atoms with Gasteiger partial charge in [0.25, 0.3) is 0 Å². The van der Waals surface area contributed by atoms with E-state index in [4.69, 9.17) is 38.7 Å². The Hall–Kier alpha value is -12.0. The summed E-state index contributed by atoms with van der Waals surface area (Å²) in [4.78, 5) is 30.5. The lowest BCUT2D eigenvalue weighted by atomic mass is 9.80. The zero-order chi connectivity index (χ0) is 70.2. The summed E-state index contributed by atoms with van der Waals surface area (Å²) >= 11 is 0. The zero-order valence-electron chi connectivity index (χ0n) is 59.4. The normalized spacial score (nSPS) is 13.3. The van der Waals surface area contributed by atoms with Gasteiger partial charge in [0.2, 0.25) is 0 Å². The van der Waals surface area contributed by atoms with Gasteiger partial charge in [0, 0.05) is 65.8 Å². The molecule has 4 heterocycles. The highest BCUT2D eigenvalue weighted by Gasteiger charge is 2.40. The van der Waals surface area contributed by atoms with Gasteiger partial charge in [0.05, 0.1) is 8.07 Å². The summed E-state index contributed by atoms with van der Waals surface area (Å²) in [5, 5.41) is 8.41. The fourth-order valence-electron chi connectivity index (χ4n) is 16.4. The van der Waals surface area contributed by atoms with E-state index in [0.29, 0.717) is 34.9 Å². The summed E-state index contributed by atoms with van der Waals surface area (Å²) in [5.74, 6) is 4.00. The van der Waals surface area contributed by atoms with Crippen molar-refractivity contribution < 1.29 is 8.83 Å². The molecule has 496 valence electrons. The van der Waals surface area contributed by atoms with Gasteiger partial charge in [0.15, 0.2) is 34.9 Å². The van der Waals surface area contributed by atoms with Gasteiger partial charge < -0.3 is 8.83 Å². The lowest BCUT2D eigenvalue weighted by Crippen LogP contribution is -2.38. The predicted molar refractivity (Wildman–Crippen MR) is 428 cm³/mol. The summed E-state index contributed by atoms with van der Waals surface area (Å²) in [6.07, 6.45) is 0. The molecule has 0 N–H and O–H groups in total. The van der Waals surface area contributed by atoms with E-state index >= 15 is 0 Å². The Labute approximate surface area is 600 Å². The molecule has 0 atom stereocenters. The molecule has 8 nitrogen and oxygen atoms in total. The zero-order valence-corrected chi connectivity index (χ0v) is 60.4. The van der Waals surface area contributed by atoms with Crippen molar-refractivity contribution in [3.63, 3.8) is 0 Å². The van der Waals surface area contributed by atoms with Gasteiger partial charge in [-0.3, -0.25) is 0 Å². The highest BCUT2D eigenvalue weighted by Crippen LogP contribution is 2.55. The third-order valence-corrected chi connectivity index (χ3v) is 23.6. The Bertz CT molecular complexity index is 6310. The molecule has 0 bridgehead atoms. The maximum atomic E-state index is 6.55. The van der Waals surface area contributed by atoms with E-state index in [1.807, 2.05) is 30.3 Å². The first-order valence-corrected chi connectivity index (χ1v) is 39.1. The molecular formula is C94H74N6O2Si. The molecular weight excluding hydrogens is 1270 g/mol. The largest absolute Gasteiger partial charge is 0.456 e. The highest BCUT2D eigenvalue weighted by atomic mass is 28.3. The maximum absolute atomic E-state index is 6.55. The highest BCUT2D eigenvalue weighted by molar-refractivity contribution is 6.88. The van der Waals surface area contributed by atoms with Crippen molar-refractivity contribution in [2.75, 3.05) is 0 Å². The first-order chi connectivity index (χ1) is 49.9. The molecule has 17 aromatic rings. The lowest BCUT2D eigenvalue weighted by molar-refractivity contribution is 0.657. The molecule has 9 heteroatoms. The number of fused-ring (bicyclic) bond motifs is 15. The van der Waals surface area contributed by atoms with E-state index in [9.17, 15) is 0 Å². The minimum atomic E-state index is -1.50. The number of hydrogen-bond acceptors (Lipinski definition) is 8. The van der Waals surface area contributed by atoms with E-state index in [2.05, 4.69) is 305 Å². The number of aryl methyl sites for hydroxylation is 3. The monoisotopic (exact) mass is 1350 g/mol. The van der Waals surface area contributed by atoms with Crippen LogP contribution in [0.4, 0.5) is 0 Å². The van der Waals surface area contributed by atoms with Gasteiger partial charge in [0.1, 0.15) is 22.3 Å². The van der Waals surface area contributed by atoms with Gasteiger partial charge in [-0.2, -0.15) is 0 Å². The topological polar surface area (TPSA) is 104 Å². The van der Waals surface area contributed by atoms with Crippen LogP contribution in [0.1, 0.15) is 66.6 Å². The average molecular weight is 1350 g/mol. The summed E-state index contributed by atoms with van der Waals surface area (Å²) in [6.45, 7) is 23.0. The van der Waals surface area contributed by atoms with E-state index in [0.717, 1.165) is 105 Å². The molecule has 0 saturated carbocycles. The van der Waals surface area contributed by atoms with Crippen LogP contribution in [0.5, 0.6) is 0 Å². The fourth-order valence-corrected chi connectivity index (χ4v) is 17.7. The molecule has 0 radical (unpaired) electrons. The van der Waals surface area contributed by atoms with Crippen LogP contribution >= 0.6 is 0 Å². The second kappa shape index (κ2) is 24.1. The number of aromatic nitrogens is 6. The van der Waals surface area contributed by atoms with Crippen molar-refractivity contribution in [2.45, 2.75) is 78.9 Å². The Morgan fingerprint density at radius 3 is 1.40 bits per heavy atom. The van der Waals surface area contributed by atoms with Crippen LogP contribution in [0, 0.1) is 20.8 Å². The van der Waals surface area contributed by atoms with Gasteiger partial charge in [-0.25, -0.2) is 29.9 Å². The standard InChI is InChI=1S/C47H41N3OSi.C47H33N3O/c1-28-24-34(52(5,6)7)25-29(2)41(28)46-49-44(30-14-9-8-10-15-30)48-45(50-46)33-17-13-16-31(26-33)32-20-22-39-37(27-32)42-40(51-39)23-21-36-35-18-11-12-19-38(35)47(3,4)43(36)42;1-28-11-4-6-14-33(28)45-48-44(49-46(50-45)37-17-10-13-30-12-5-7-15-34(30)37)31-21-19-29(20-22-31)32-23-24-38-41(27-32)51-40-26-25-36-35-16-8-9-18-39(35)47(2,3)43(36)42(38)40/h8-27H,1-7H3;4-27H,1-3H3. The Kier molecular flexibility index (Phi) is 14.8. The number of hydrogen-bond donors (Lipinski definition) is 0. The van der Waals surface area contributed by atoms with Gasteiger partial charge in [-0.05, 0) is 157 Å². The van der Waals surface area contributed by atoms with E-state index in [1.54, 1.807) is 0 Å². The van der Waals surface area contributed by atoms with Gasteiger partial charge >= 0.3 is 0 Å². The van der Waals surface area contributed by atoms with Crippen LogP contribution in [0.3, 0.4) is 0 Å². The van der Waals surface area contributed by atoms with Crippen molar-refractivity contribution in [1.29, 1.82) is 0 Å². The first-order valence-electron chi connectivity index (χ1n) is 35.6. The van der Waals surface area contributed by atoms with Crippen molar-refractivity contribution >= 4 is 67.9 Å². The summed E-state index contributed by atoms with van der Waals surface area (Å²) in [5.41, 5.74) is 27.9. The molecule has 0 amide bonds. The quantitative estimate of drug-likeness (QED) is 0.132. The van der Waals surface area contributed by atoms with Crippen molar-refractivity contribution in [1.82, 2.24) is 29.9 Å². The molecule has 2 aliphatic rings. The molecule has 103 heavy (non-hydrogen) atoms. The molecule has 0 spiro atoms. The summed E-state index contributed by atoms with van der Waals surface area (Å²) < 4.78 is 13.0. The molecule has 0 saturated heterocycles. The molecule has 0 fully saturated rings. The number of benzene rings is 13. The third-order valence-electron chi connectivity index (χ3n) is 21.6. The van der Waals surface area contributed by atoms with Gasteiger partial charge in [-0.15, -0.1) is 0 Å². The minimum absolute atomic E-state index is 0.113. The second-order valence-corrected chi connectivity index (χ2v) is 35.0. The average Bonchev–Trinajstić information content (AvgIpc) is 1.55. The Balaban J connectivity index is 0.000000147. The van der Waals surface area contributed by atoms with E-state index < -0.39 is 8.07 Å². The van der Waals surface area contributed by atoms with Crippen LogP contribution in [0.15, 0.2) is 276 Å². The Morgan fingerprint density at radius 2 is 0.728 bits per heavy atom. The maximum Gasteiger partial charge on any atom is 0.164 e. The minimum Gasteiger partial charge on any atom is -0.456 e. The van der Waals surface area contributed by atoms with Crippen molar-refractivity contribution in [3.05, 3.63) is 306 Å². The molecule has 13 aromatic carbocycles. The molecule has 4 aromatic heterocycles. The number of furan rings is 2. The van der Waals surface area contributed by atoms with Crippen LogP contribution in [-0.2, 0) is 10.8 Å². The predicted octanol–water partition coefficient (Wildman–Crippen LogP) is 24.1. The molecule has 2 aliphatic carbocycles. The first kappa shape index (κ1) is 63.2. The fraction of sp³-hybridized carbons (Fsp3) is 0.128.